The fourth-order valence-corrected chi connectivity index (χ4v) is 3.49. The summed E-state index contributed by atoms with van der Waals surface area (Å²) in [6.07, 6.45) is 2.92. The largest absolute Gasteiger partial charge is 0.401 e. The third-order valence-corrected chi connectivity index (χ3v) is 4.68. The maximum Gasteiger partial charge on any atom is 0.185 e. The molecular weight excluding hydrogens is 296 g/mol. The van der Waals surface area contributed by atoms with Crippen LogP contribution in [-0.4, -0.2) is 16.5 Å². The molecule has 0 bridgehead atoms. The fraction of sp³-hybridized carbons (Fsp3) is 0.375. The summed E-state index contributed by atoms with van der Waals surface area (Å²) in [5.41, 5.74) is 9.41. The van der Waals surface area contributed by atoms with E-state index in [0.29, 0.717) is 10.6 Å². The van der Waals surface area contributed by atoms with Crippen molar-refractivity contribution in [2.24, 2.45) is 5.73 Å². The standard InChI is InChI=1S/C16H16N4OS/c1-9-11-4-3-5-14(11)20-16(12(9)6-17)22-8-15(21)13(7-18)10(2)19/h3-5,8,19H2,1-2H3/b13-10+. The highest BCUT2D eigenvalue weighted by molar-refractivity contribution is 8.00. The van der Waals surface area contributed by atoms with E-state index >= 15 is 0 Å². The summed E-state index contributed by atoms with van der Waals surface area (Å²) >= 11 is 1.20. The number of nitriles is 2. The van der Waals surface area contributed by atoms with Crippen LogP contribution in [0.2, 0.25) is 0 Å². The van der Waals surface area contributed by atoms with E-state index in [2.05, 4.69) is 11.1 Å². The number of ketones is 1. The zero-order valence-electron chi connectivity index (χ0n) is 12.6. The molecule has 1 heterocycles. The normalized spacial score (nSPS) is 13.8. The highest BCUT2D eigenvalue weighted by Gasteiger charge is 2.22. The van der Waals surface area contributed by atoms with Crippen molar-refractivity contribution in [1.29, 1.82) is 10.5 Å². The molecule has 1 aliphatic rings. The molecule has 5 nitrogen and oxygen atoms in total. The summed E-state index contributed by atoms with van der Waals surface area (Å²) in [5, 5.41) is 18.9. The Balaban J connectivity index is 2.27. The van der Waals surface area contributed by atoms with Crippen molar-refractivity contribution in [1.82, 2.24) is 4.98 Å². The highest BCUT2D eigenvalue weighted by Crippen LogP contribution is 2.31. The smallest absolute Gasteiger partial charge is 0.185 e. The molecule has 0 unspecified atom stereocenters. The number of fused-ring (bicyclic) bond motifs is 1. The second kappa shape index (κ2) is 6.64. The lowest BCUT2D eigenvalue weighted by molar-refractivity contribution is -0.112. The predicted octanol–water partition coefficient (Wildman–Crippen LogP) is 2.17. The Morgan fingerprint density at radius 3 is 2.73 bits per heavy atom. The molecule has 0 saturated heterocycles. The van der Waals surface area contributed by atoms with Gasteiger partial charge < -0.3 is 5.73 Å². The summed E-state index contributed by atoms with van der Waals surface area (Å²) in [7, 11) is 0. The molecule has 1 aromatic rings. The second-order valence-corrected chi connectivity index (χ2v) is 6.15. The Hall–Kier alpha value is -2.31. The van der Waals surface area contributed by atoms with Crippen molar-refractivity contribution in [2.45, 2.75) is 38.1 Å². The van der Waals surface area contributed by atoms with E-state index in [0.717, 1.165) is 30.5 Å². The second-order valence-electron chi connectivity index (χ2n) is 5.19. The molecule has 0 amide bonds. The van der Waals surface area contributed by atoms with Crippen LogP contribution in [0.4, 0.5) is 0 Å². The average Bonchev–Trinajstić information content (AvgIpc) is 2.94. The Morgan fingerprint density at radius 1 is 1.41 bits per heavy atom. The Bertz CT molecular complexity index is 749. The van der Waals surface area contributed by atoms with Gasteiger partial charge >= 0.3 is 0 Å². The SMILES string of the molecule is C/C(N)=C(/C#N)C(=O)CSc1nc2c(c(C)c1C#N)CCC2. The number of nitrogens with two attached hydrogens (primary N) is 1. The van der Waals surface area contributed by atoms with Gasteiger partial charge in [-0.05, 0) is 44.2 Å². The number of aryl methyl sites for hydroxylation is 1. The van der Waals surface area contributed by atoms with E-state index in [9.17, 15) is 10.1 Å². The van der Waals surface area contributed by atoms with Gasteiger partial charge in [0, 0.05) is 11.4 Å². The molecule has 112 valence electrons. The van der Waals surface area contributed by atoms with Crippen LogP contribution in [0.25, 0.3) is 0 Å². The van der Waals surface area contributed by atoms with Crippen LogP contribution in [0, 0.1) is 29.6 Å². The van der Waals surface area contributed by atoms with Crippen molar-refractivity contribution in [3.8, 4) is 12.1 Å². The lowest BCUT2D eigenvalue weighted by Crippen LogP contribution is -2.11. The number of carbonyl (C=O) groups excluding carboxylic acids is 1. The number of pyridine rings is 1. The minimum absolute atomic E-state index is 0.0242. The molecule has 0 spiro atoms. The van der Waals surface area contributed by atoms with Gasteiger partial charge in [-0.15, -0.1) is 0 Å². The van der Waals surface area contributed by atoms with Gasteiger partial charge in [-0.25, -0.2) is 4.98 Å². The average molecular weight is 312 g/mol. The van der Waals surface area contributed by atoms with Gasteiger partial charge in [0.25, 0.3) is 0 Å². The first-order chi connectivity index (χ1) is 10.5. The number of nitrogens with zero attached hydrogens (tertiary/aromatic N) is 3. The molecule has 0 atom stereocenters. The van der Waals surface area contributed by atoms with Crippen molar-refractivity contribution in [2.75, 3.05) is 5.75 Å². The Labute approximate surface area is 133 Å². The number of hydrogen-bond donors (Lipinski definition) is 1. The van der Waals surface area contributed by atoms with Crippen LogP contribution in [0.3, 0.4) is 0 Å². The van der Waals surface area contributed by atoms with Gasteiger partial charge in [0.1, 0.15) is 22.7 Å². The van der Waals surface area contributed by atoms with E-state index in [1.54, 1.807) is 0 Å². The van der Waals surface area contributed by atoms with Gasteiger partial charge in [-0.1, -0.05) is 11.8 Å². The van der Waals surface area contributed by atoms with Crippen LogP contribution in [0.5, 0.6) is 0 Å². The molecule has 1 aromatic heterocycles. The van der Waals surface area contributed by atoms with E-state index in [1.807, 2.05) is 13.0 Å². The van der Waals surface area contributed by atoms with E-state index in [1.165, 1.54) is 24.2 Å². The topological polar surface area (TPSA) is 104 Å². The number of hydrogen-bond acceptors (Lipinski definition) is 6. The van der Waals surface area contributed by atoms with Gasteiger partial charge in [0.15, 0.2) is 5.78 Å². The lowest BCUT2D eigenvalue weighted by atomic mass is 10.0. The van der Waals surface area contributed by atoms with E-state index in [4.69, 9.17) is 11.0 Å². The zero-order valence-corrected chi connectivity index (χ0v) is 13.4. The van der Waals surface area contributed by atoms with Crippen LogP contribution in [0.15, 0.2) is 16.3 Å². The van der Waals surface area contributed by atoms with Crippen LogP contribution < -0.4 is 5.73 Å². The molecule has 0 saturated carbocycles. The van der Waals surface area contributed by atoms with Crippen molar-refractivity contribution in [3.63, 3.8) is 0 Å². The minimum Gasteiger partial charge on any atom is -0.401 e. The van der Waals surface area contributed by atoms with Crippen LogP contribution in [-0.2, 0) is 17.6 Å². The molecule has 0 fully saturated rings. The molecule has 0 aliphatic heterocycles. The molecular formula is C16H16N4OS. The highest BCUT2D eigenvalue weighted by atomic mass is 32.2. The first kappa shape index (κ1) is 16.1. The molecule has 2 N–H and O–H groups in total. The first-order valence-corrected chi connectivity index (χ1v) is 7.93. The van der Waals surface area contributed by atoms with E-state index in [-0.39, 0.29) is 22.8 Å². The molecule has 0 aromatic carbocycles. The third-order valence-electron chi connectivity index (χ3n) is 3.70. The number of rotatable bonds is 4. The summed E-state index contributed by atoms with van der Waals surface area (Å²) in [6, 6.07) is 4.01. The predicted molar refractivity (Wildman–Crippen MR) is 83.9 cm³/mol. The molecule has 6 heteroatoms. The maximum atomic E-state index is 12.0. The molecule has 1 aliphatic carbocycles. The third kappa shape index (κ3) is 2.98. The number of aromatic nitrogens is 1. The monoisotopic (exact) mass is 312 g/mol. The van der Waals surface area contributed by atoms with Crippen molar-refractivity contribution < 1.29 is 4.79 Å². The van der Waals surface area contributed by atoms with Gasteiger partial charge in [-0.3, -0.25) is 4.79 Å². The van der Waals surface area contributed by atoms with Gasteiger partial charge in [-0.2, -0.15) is 10.5 Å². The quantitative estimate of drug-likeness (QED) is 0.519. The molecule has 22 heavy (non-hydrogen) atoms. The van der Waals surface area contributed by atoms with E-state index < -0.39 is 0 Å². The fourth-order valence-electron chi connectivity index (χ4n) is 2.56. The summed E-state index contributed by atoms with van der Waals surface area (Å²) in [6.45, 7) is 3.46. The number of allylic oxidation sites excluding steroid dienone is 2. The number of thioether (sulfide) groups is 1. The number of carbonyl (C=O) groups is 1. The Morgan fingerprint density at radius 2 is 2.14 bits per heavy atom. The molecule has 2 rings (SSSR count). The lowest BCUT2D eigenvalue weighted by Gasteiger charge is -2.10. The summed E-state index contributed by atoms with van der Waals surface area (Å²) < 4.78 is 0. The van der Waals surface area contributed by atoms with Crippen LogP contribution in [0.1, 0.15) is 35.7 Å². The summed E-state index contributed by atoms with van der Waals surface area (Å²) in [4.78, 5) is 16.6. The zero-order chi connectivity index (χ0) is 16.3. The van der Waals surface area contributed by atoms with Crippen molar-refractivity contribution >= 4 is 17.5 Å². The summed E-state index contributed by atoms with van der Waals surface area (Å²) in [5.74, 6) is -0.284. The van der Waals surface area contributed by atoms with Crippen LogP contribution >= 0.6 is 11.8 Å². The van der Waals surface area contributed by atoms with Gasteiger partial charge in [0.2, 0.25) is 0 Å². The first-order valence-electron chi connectivity index (χ1n) is 6.94. The minimum atomic E-state index is -0.337. The Kier molecular flexibility index (Phi) is 4.85. The molecule has 0 radical (unpaired) electrons. The number of Topliss-reactive ketones (excluding diaryl/α,β-unsaturated/α-hetero) is 1. The van der Waals surface area contributed by atoms with Crippen molar-refractivity contribution in [3.05, 3.63) is 33.7 Å². The van der Waals surface area contributed by atoms with Gasteiger partial charge in [0.05, 0.1) is 11.3 Å². The maximum absolute atomic E-state index is 12.0.